The van der Waals surface area contributed by atoms with Gasteiger partial charge in [0.15, 0.2) is 5.17 Å². The molecule has 0 saturated carbocycles. The normalized spacial score (nSPS) is 19.6. The smallest absolute Gasteiger partial charge is 0.213 e. The van der Waals surface area contributed by atoms with Crippen molar-refractivity contribution in [3.8, 4) is 0 Å². The summed E-state index contributed by atoms with van der Waals surface area (Å²) < 4.78 is 5.54. The lowest BCUT2D eigenvalue weighted by atomic mass is 9.90. The summed E-state index contributed by atoms with van der Waals surface area (Å²) in [4.78, 5) is 8.90. The highest BCUT2D eigenvalue weighted by molar-refractivity contribution is 8.14. The second-order valence-corrected chi connectivity index (χ2v) is 7.54. The summed E-state index contributed by atoms with van der Waals surface area (Å²) >= 11 is 1.84. The third-order valence-corrected chi connectivity index (χ3v) is 4.17. The van der Waals surface area contributed by atoms with Crippen LogP contribution >= 0.6 is 11.8 Å². The minimum Gasteiger partial charge on any atom is -0.444 e. The molecule has 1 N–H and O–H groups in total. The fourth-order valence-corrected chi connectivity index (χ4v) is 3.42. The number of aliphatic imine (C=N–C) groups is 1. The standard InChI is InChI=1S/C14H23N3OS/c1-9-10(2)18-12(17-9)8-16-13-15-7-11(19-13)6-14(3,4)5/h11H,6-8H2,1-5H3,(H,15,16). The molecule has 0 spiro atoms. The predicted molar refractivity (Wildman–Crippen MR) is 80.6 cm³/mol. The first kappa shape index (κ1) is 14.4. The van der Waals surface area contributed by atoms with Gasteiger partial charge in [-0.15, -0.1) is 0 Å². The van der Waals surface area contributed by atoms with Crippen LogP contribution in [0, 0.1) is 19.3 Å². The topological polar surface area (TPSA) is 50.4 Å². The Bertz CT molecular complexity index is 454. The number of aryl methyl sites for hydroxylation is 2. The minimum absolute atomic E-state index is 0.361. The van der Waals surface area contributed by atoms with Crippen molar-refractivity contribution in [3.63, 3.8) is 0 Å². The van der Waals surface area contributed by atoms with Crippen LogP contribution in [0.2, 0.25) is 0 Å². The Morgan fingerprint density at radius 3 is 2.68 bits per heavy atom. The van der Waals surface area contributed by atoms with E-state index in [4.69, 9.17) is 4.42 Å². The highest BCUT2D eigenvalue weighted by Gasteiger charge is 2.25. The molecule has 1 aromatic rings. The number of thioether (sulfide) groups is 1. The molecule has 0 amide bonds. The molecule has 1 aromatic heterocycles. The summed E-state index contributed by atoms with van der Waals surface area (Å²) in [7, 11) is 0. The minimum atomic E-state index is 0.361. The van der Waals surface area contributed by atoms with Gasteiger partial charge in [-0.1, -0.05) is 32.5 Å². The van der Waals surface area contributed by atoms with Crippen LogP contribution in [0.25, 0.3) is 0 Å². The molecule has 1 aliphatic rings. The number of aromatic nitrogens is 1. The zero-order chi connectivity index (χ0) is 14.0. The maximum absolute atomic E-state index is 5.54. The van der Waals surface area contributed by atoms with E-state index in [-0.39, 0.29) is 0 Å². The fourth-order valence-electron chi connectivity index (χ4n) is 2.07. The summed E-state index contributed by atoms with van der Waals surface area (Å²) in [6, 6.07) is 0. The SMILES string of the molecule is Cc1nc(CNC2=NCC(CC(C)(C)C)S2)oc1C. The van der Waals surface area contributed by atoms with Crippen LogP contribution in [-0.4, -0.2) is 21.9 Å². The summed E-state index contributed by atoms with van der Waals surface area (Å²) in [5, 5.41) is 4.92. The van der Waals surface area contributed by atoms with Gasteiger partial charge in [0.1, 0.15) is 5.76 Å². The number of amidine groups is 1. The number of hydrogen-bond acceptors (Lipinski definition) is 5. The number of hydrogen-bond donors (Lipinski definition) is 1. The third kappa shape index (κ3) is 4.27. The molecule has 0 fully saturated rings. The van der Waals surface area contributed by atoms with Crippen LogP contribution in [0.3, 0.4) is 0 Å². The van der Waals surface area contributed by atoms with Crippen molar-refractivity contribution >= 4 is 16.9 Å². The second-order valence-electron chi connectivity index (χ2n) is 6.25. The maximum atomic E-state index is 5.54. The van der Waals surface area contributed by atoms with E-state index in [9.17, 15) is 0 Å². The molecular weight excluding hydrogens is 258 g/mol. The number of nitrogens with one attached hydrogen (secondary N) is 1. The molecule has 2 rings (SSSR count). The van der Waals surface area contributed by atoms with Crippen LogP contribution < -0.4 is 5.32 Å². The van der Waals surface area contributed by atoms with E-state index in [1.54, 1.807) is 0 Å². The highest BCUT2D eigenvalue weighted by Crippen LogP contribution is 2.31. The molecule has 0 radical (unpaired) electrons. The molecule has 0 saturated heterocycles. The van der Waals surface area contributed by atoms with E-state index in [1.807, 2.05) is 25.6 Å². The fraction of sp³-hybridized carbons (Fsp3) is 0.714. The Morgan fingerprint density at radius 1 is 1.37 bits per heavy atom. The maximum Gasteiger partial charge on any atom is 0.213 e. The predicted octanol–water partition coefficient (Wildman–Crippen LogP) is 3.29. The summed E-state index contributed by atoms with van der Waals surface area (Å²) in [6.45, 7) is 12.2. The van der Waals surface area contributed by atoms with Crippen molar-refractivity contribution < 1.29 is 4.42 Å². The Labute approximate surface area is 119 Å². The van der Waals surface area contributed by atoms with Gasteiger partial charge >= 0.3 is 0 Å². The van der Waals surface area contributed by atoms with Gasteiger partial charge in [0, 0.05) is 5.25 Å². The average Bonchev–Trinajstić information content (AvgIpc) is 2.82. The second kappa shape index (κ2) is 5.57. The van der Waals surface area contributed by atoms with Gasteiger partial charge in [-0.05, 0) is 25.7 Å². The van der Waals surface area contributed by atoms with Crippen molar-refractivity contribution in [3.05, 3.63) is 17.3 Å². The third-order valence-electron chi connectivity index (χ3n) is 3.02. The average molecular weight is 281 g/mol. The van der Waals surface area contributed by atoms with Crippen LogP contribution in [0.15, 0.2) is 9.41 Å². The van der Waals surface area contributed by atoms with E-state index in [0.29, 0.717) is 17.2 Å². The van der Waals surface area contributed by atoms with Gasteiger partial charge in [-0.25, -0.2) is 4.98 Å². The number of oxazole rings is 1. The molecule has 1 aliphatic heterocycles. The molecule has 2 heterocycles. The van der Waals surface area contributed by atoms with E-state index in [2.05, 4.69) is 36.1 Å². The lowest BCUT2D eigenvalue weighted by Crippen LogP contribution is -2.20. The van der Waals surface area contributed by atoms with Crippen molar-refractivity contribution in [2.45, 2.75) is 52.8 Å². The summed E-state index contributed by atoms with van der Waals surface area (Å²) in [6.07, 6.45) is 1.18. The van der Waals surface area contributed by atoms with E-state index >= 15 is 0 Å². The first-order valence-corrected chi connectivity index (χ1v) is 7.59. The molecule has 4 nitrogen and oxygen atoms in total. The van der Waals surface area contributed by atoms with E-state index < -0.39 is 0 Å². The van der Waals surface area contributed by atoms with Crippen molar-refractivity contribution in [1.29, 1.82) is 0 Å². The zero-order valence-electron chi connectivity index (χ0n) is 12.4. The van der Waals surface area contributed by atoms with Crippen LogP contribution in [0.1, 0.15) is 44.5 Å². The molecule has 1 atom stereocenters. The molecule has 106 valence electrons. The van der Waals surface area contributed by atoms with Gasteiger partial charge in [0.25, 0.3) is 0 Å². The van der Waals surface area contributed by atoms with Crippen LogP contribution in [0.4, 0.5) is 0 Å². The first-order valence-electron chi connectivity index (χ1n) is 6.71. The molecule has 1 unspecified atom stereocenters. The Kier molecular flexibility index (Phi) is 4.23. The first-order chi connectivity index (χ1) is 8.83. The van der Waals surface area contributed by atoms with Gasteiger partial charge in [-0.3, -0.25) is 4.99 Å². The quantitative estimate of drug-likeness (QED) is 0.923. The van der Waals surface area contributed by atoms with Crippen molar-refractivity contribution in [2.75, 3.05) is 6.54 Å². The lowest BCUT2D eigenvalue weighted by Gasteiger charge is -2.21. The van der Waals surface area contributed by atoms with Crippen molar-refractivity contribution in [1.82, 2.24) is 10.3 Å². The number of rotatable bonds is 3. The lowest BCUT2D eigenvalue weighted by molar-refractivity contribution is 0.375. The van der Waals surface area contributed by atoms with E-state index in [0.717, 1.165) is 29.1 Å². The molecular formula is C14H23N3OS. The van der Waals surface area contributed by atoms with E-state index in [1.165, 1.54) is 6.42 Å². The summed E-state index contributed by atoms with van der Waals surface area (Å²) in [5.41, 5.74) is 1.32. The number of nitrogens with zero attached hydrogens (tertiary/aromatic N) is 2. The van der Waals surface area contributed by atoms with Gasteiger partial charge in [0.05, 0.1) is 18.8 Å². The highest BCUT2D eigenvalue weighted by atomic mass is 32.2. The monoisotopic (exact) mass is 281 g/mol. The Morgan fingerprint density at radius 2 is 2.11 bits per heavy atom. The van der Waals surface area contributed by atoms with Gasteiger partial charge in [-0.2, -0.15) is 0 Å². The molecule has 0 bridgehead atoms. The molecule has 5 heteroatoms. The Hall–Kier alpha value is -0.970. The zero-order valence-corrected chi connectivity index (χ0v) is 13.2. The van der Waals surface area contributed by atoms with Crippen molar-refractivity contribution in [2.24, 2.45) is 10.4 Å². The molecule has 0 aliphatic carbocycles. The molecule has 19 heavy (non-hydrogen) atoms. The van der Waals surface area contributed by atoms with Crippen LogP contribution in [-0.2, 0) is 6.54 Å². The van der Waals surface area contributed by atoms with Gasteiger partial charge in [0.2, 0.25) is 5.89 Å². The largest absolute Gasteiger partial charge is 0.444 e. The van der Waals surface area contributed by atoms with Crippen LogP contribution in [0.5, 0.6) is 0 Å². The Balaban J connectivity index is 1.79. The van der Waals surface area contributed by atoms with Gasteiger partial charge < -0.3 is 9.73 Å². The summed E-state index contributed by atoms with van der Waals surface area (Å²) in [5.74, 6) is 1.63. The molecule has 0 aromatic carbocycles.